The van der Waals surface area contributed by atoms with Crippen molar-refractivity contribution in [1.82, 2.24) is 0 Å². The van der Waals surface area contributed by atoms with E-state index >= 15 is 0 Å². The lowest BCUT2D eigenvalue weighted by atomic mass is 10.1. The highest BCUT2D eigenvalue weighted by molar-refractivity contribution is 5.94. The minimum atomic E-state index is -0.0202. The van der Waals surface area contributed by atoms with Crippen molar-refractivity contribution < 1.29 is 0 Å². The lowest BCUT2D eigenvalue weighted by molar-refractivity contribution is 0.584. The van der Waals surface area contributed by atoms with Gasteiger partial charge in [0.2, 0.25) is 0 Å². The fraction of sp³-hybridized carbons (Fsp3) is 0.400. The fourth-order valence-corrected chi connectivity index (χ4v) is 1.66. The largest absolute Gasteiger partial charge is 0.359 e. The van der Waals surface area contributed by atoms with Crippen molar-refractivity contribution >= 4 is 11.4 Å². The molecular formula is C15H22N2. The summed E-state index contributed by atoms with van der Waals surface area (Å²) in [6, 6.07) is 10.1. The van der Waals surface area contributed by atoms with Crippen molar-refractivity contribution in [1.29, 1.82) is 0 Å². The van der Waals surface area contributed by atoms with E-state index in [4.69, 9.17) is 0 Å². The second kappa shape index (κ2) is 5.67. The van der Waals surface area contributed by atoms with Crippen LogP contribution in [-0.4, -0.2) is 11.3 Å². The molecule has 2 heteroatoms. The Balaban J connectivity index is 2.71. The molecule has 0 radical (unpaired) electrons. The van der Waals surface area contributed by atoms with Crippen molar-refractivity contribution in [2.24, 2.45) is 4.99 Å². The van der Waals surface area contributed by atoms with Gasteiger partial charge in [-0.1, -0.05) is 18.2 Å². The first-order valence-corrected chi connectivity index (χ1v) is 5.94. The van der Waals surface area contributed by atoms with Gasteiger partial charge in [-0.25, -0.2) is 0 Å². The summed E-state index contributed by atoms with van der Waals surface area (Å²) in [5.41, 5.74) is 3.22. The van der Waals surface area contributed by atoms with Gasteiger partial charge in [-0.15, -0.1) is 0 Å². The zero-order valence-electron chi connectivity index (χ0n) is 11.4. The predicted molar refractivity (Wildman–Crippen MR) is 76.7 cm³/mol. The maximum Gasteiger partial charge on any atom is 0.0527 e. The molecular weight excluding hydrogens is 208 g/mol. The molecule has 1 aromatic carbocycles. The zero-order chi connectivity index (χ0) is 12.9. The van der Waals surface area contributed by atoms with E-state index in [1.165, 1.54) is 0 Å². The minimum Gasteiger partial charge on any atom is -0.359 e. The predicted octanol–water partition coefficient (Wildman–Crippen LogP) is 4.26. The van der Waals surface area contributed by atoms with Gasteiger partial charge in [0.25, 0.3) is 0 Å². The Labute approximate surface area is 104 Å². The molecule has 0 heterocycles. The molecule has 92 valence electrons. The van der Waals surface area contributed by atoms with Gasteiger partial charge >= 0.3 is 0 Å². The van der Waals surface area contributed by atoms with Crippen LogP contribution in [0.2, 0.25) is 0 Å². The number of aliphatic imine (C=N–C) groups is 1. The standard InChI is InChI=1S/C15H22N2/c1-12(11-13(2)17-15(3,4)5)16-14-9-7-6-8-10-14/h6-11,16H,1-5H3. The summed E-state index contributed by atoms with van der Waals surface area (Å²) in [6.45, 7) is 10.4. The Morgan fingerprint density at radius 1 is 1.12 bits per heavy atom. The summed E-state index contributed by atoms with van der Waals surface area (Å²) in [5, 5.41) is 3.34. The molecule has 0 aromatic heterocycles. The van der Waals surface area contributed by atoms with Crippen LogP contribution in [0.1, 0.15) is 34.6 Å². The molecule has 0 bridgehead atoms. The van der Waals surface area contributed by atoms with Crippen LogP contribution in [0.3, 0.4) is 0 Å². The Morgan fingerprint density at radius 2 is 1.71 bits per heavy atom. The average molecular weight is 230 g/mol. The van der Waals surface area contributed by atoms with Crippen LogP contribution in [0.25, 0.3) is 0 Å². The van der Waals surface area contributed by atoms with Crippen molar-refractivity contribution in [3.63, 3.8) is 0 Å². The van der Waals surface area contributed by atoms with Gasteiger partial charge in [-0.2, -0.15) is 0 Å². The van der Waals surface area contributed by atoms with Crippen LogP contribution in [0.4, 0.5) is 5.69 Å². The van der Waals surface area contributed by atoms with Gasteiger partial charge in [0.15, 0.2) is 0 Å². The summed E-state index contributed by atoms with van der Waals surface area (Å²) in [5.74, 6) is 0. The fourth-order valence-electron chi connectivity index (χ4n) is 1.66. The highest BCUT2D eigenvalue weighted by Gasteiger charge is 2.06. The number of anilines is 1. The Kier molecular flexibility index (Phi) is 4.50. The lowest BCUT2D eigenvalue weighted by Gasteiger charge is -2.13. The topological polar surface area (TPSA) is 24.4 Å². The first-order chi connectivity index (χ1) is 7.87. The van der Waals surface area contributed by atoms with E-state index in [0.717, 1.165) is 17.1 Å². The summed E-state index contributed by atoms with van der Waals surface area (Å²) in [4.78, 5) is 4.59. The summed E-state index contributed by atoms with van der Waals surface area (Å²) in [7, 11) is 0. The Bertz CT molecular complexity index is 408. The highest BCUT2D eigenvalue weighted by atomic mass is 14.9. The van der Waals surface area contributed by atoms with Crippen LogP contribution in [0.5, 0.6) is 0 Å². The maximum atomic E-state index is 4.59. The molecule has 0 atom stereocenters. The normalized spacial score (nSPS) is 13.7. The number of allylic oxidation sites excluding steroid dienone is 2. The van der Waals surface area contributed by atoms with E-state index < -0.39 is 0 Å². The Morgan fingerprint density at radius 3 is 2.24 bits per heavy atom. The second-order valence-electron chi connectivity index (χ2n) is 5.24. The summed E-state index contributed by atoms with van der Waals surface area (Å²) < 4.78 is 0. The van der Waals surface area contributed by atoms with E-state index in [2.05, 4.69) is 44.1 Å². The van der Waals surface area contributed by atoms with Crippen LogP contribution >= 0.6 is 0 Å². The quantitative estimate of drug-likeness (QED) is 0.771. The molecule has 0 unspecified atom stereocenters. The van der Waals surface area contributed by atoms with Crippen molar-refractivity contribution in [2.75, 3.05) is 5.32 Å². The number of para-hydroxylation sites is 1. The molecule has 0 aliphatic heterocycles. The van der Waals surface area contributed by atoms with Gasteiger partial charge < -0.3 is 5.32 Å². The minimum absolute atomic E-state index is 0.0202. The molecule has 0 fully saturated rings. The monoisotopic (exact) mass is 230 g/mol. The molecule has 0 saturated carbocycles. The SMILES string of the molecule is CC(=CC(C)=NC(C)(C)C)Nc1ccccc1. The number of benzene rings is 1. The Hall–Kier alpha value is -1.57. The zero-order valence-corrected chi connectivity index (χ0v) is 11.4. The first kappa shape index (κ1) is 13.5. The maximum absolute atomic E-state index is 4.59. The van der Waals surface area contributed by atoms with Gasteiger partial charge in [-0.3, -0.25) is 4.99 Å². The summed E-state index contributed by atoms with van der Waals surface area (Å²) in [6.07, 6.45) is 2.07. The number of hydrogen-bond donors (Lipinski definition) is 1. The molecule has 0 amide bonds. The van der Waals surface area contributed by atoms with Crippen LogP contribution < -0.4 is 5.32 Å². The highest BCUT2D eigenvalue weighted by Crippen LogP contribution is 2.10. The molecule has 0 aliphatic rings. The number of rotatable bonds is 3. The van der Waals surface area contributed by atoms with Crippen molar-refractivity contribution in [3.05, 3.63) is 42.1 Å². The van der Waals surface area contributed by atoms with Crippen LogP contribution in [0.15, 0.2) is 47.1 Å². The van der Waals surface area contributed by atoms with E-state index in [1.54, 1.807) is 0 Å². The van der Waals surface area contributed by atoms with E-state index in [9.17, 15) is 0 Å². The third-order valence-electron chi connectivity index (χ3n) is 2.05. The third kappa shape index (κ3) is 5.91. The second-order valence-corrected chi connectivity index (χ2v) is 5.24. The van der Waals surface area contributed by atoms with Gasteiger partial charge in [0, 0.05) is 17.1 Å². The molecule has 2 nitrogen and oxygen atoms in total. The van der Waals surface area contributed by atoms with Gasteiger partial charge in [0.05, 0.1) is 5.54 Å². The average Bonchev–Trinajstić information content (AvgIpc) is 2.15. The molecule has 0 spiro atoms. The van der Waals surface area contributed by atoms with E-state index in [0.29, 0.717) is 0 Å². The van der Waals surface area contributed by atoms with Crippen LogP contribution in [0, 0.1) is 0 Å². The molecule has 17 heavy (non-hydrogen) atoms. The molecule has 1 N–H and O–H groups in total. The van der Waals surface area contributed by atoms with Gasteiger partial charge in [0.1, 0.15) is 0 Å². The van der Waals surface area contributed by atoms with E-state index in [1.807, 2.05) is 37.3 Å². The van der Waals surface area contributed by atoms with E-state index in [-0.39, 0.29) is 5.54 Å². The molecule has 0 aliphatic carbocycles. The summed E-state index contributed by atoms with van der Waals surface area (Å²) >= 11 is 0. The number of nitrogens with zero attached hydrogens (tertiary/aromatic N) is 1. The molecule has 1 rings (SSSR count). The number of hydrogen-bond acceptors (Lipinski definition) is 2. The van der Waals surface area contributed by atoms with Crippen molar-refractivity contribution in [2.45, 2.75) is 40.2 Å². The third-order valence-corrected chi connectivity index (χ3v) is 2.05. The molecule has 0 saturated heterocycles. The van der Waals surface area contributed by atoms with Crippen LogP contribution in [-0.2, 0) is 0 Å². The first-order valence-electron chi connectivity index (χ1n) is 5.94. The van der Waals surface area contributed by atoms with Crippen molar-refractivity contribution in [3.8, 4) is 0 Å². The smallest absolute Gasteiger partial charge is 0.0527 e. The number of nitrogens with one attached hydrogen (secondary N) is 1. The molecule has 1 aromatic rings. The van der Waals surface area contributed by atoms with Gasteiger partial charge in [-0.05, 0) is 52.8 Å². The lowest BCUT2D eigenvalue weighted by Crippen LogP contribution is -2.12.